The largest absolute Gasteiger partial charge is 0.396 e. The quantitative estimate of drug-likeness (QED) is 0.707. The molecule has 1 aromatic carbocycles. The van der Waals surface area contributed by atoms with Crippen molar-refractivity contribution in [3.05, 3.63) is 66.3 Å². The Kier molecular flexibility index (Phi) is 5.03. The summed E-state index contributed by atoms with van der Waals surface area (Å²) in [6.45, 7) is 1.02. The van der Waals surface area contributed by atoms with Gasteiger partial charge in [-0.05, 0) is 36.8 Å². The van der Waals surface area contributed by atoms with Crippen LogP contribution < -0.4 is 11.1 Å². The maximum absolute atomic E-state index is 14.1. The molecule has 148 valence electrons. The number of benzene rings is 1. The van der Waals surface area contributed by atoms with Gasteiger partial charge in [0.25, 0.3) is 0 Å². The maximum Gasteiger partial charge on any atom is 0.323 e. The number of pyridine rings is 1. The highest BCUT2D eigenvalue weighted by Crippen LogP contribution is 2.28. The summed E-state index contributed by atoms with van der Waals surface area (Å²) >= 11 is 0. The Morgan fingerprint density at radius 2 is 1.97 bits per heavy atom. The summed E-state index contributed by atoms with van der Waals surface area (Å²) in [5, 5.41) is 2.68. The van der Waals surface area contributed by atoms with Crippen molar-refractivity contribution in [3.8, 4) is 11.3 Å². The molecule has 2 aromatic heterocycles. The molecule has 3 heterocycles. The van der Waals surface area contributed by atoms with E-state index in [9.17, 15) is 13.6 Å². The molecule has 0 saturated carbocycles. The minimum atomic E-state index is -0.746. The van der Waals surface area contributed by atoms with Gasteiger partial charge in [0.1, 0.15) is 17.5 Å². The van der Waals surface area contributed by atoms with Gasteiger partial charge >= 0.3 is 6.03 Å². The van der Waals surface area contributed by atoms with Crippen molar-refractivity contribution in [2.45, 2.75) is 12.3 Å². The number of anilines is 2. The first-order valence-corrected chi connectivity index (χ1v) is 9.06. The molecule has 9 heteroatoms. The van der Waals surface area contributed by atoms with E-state index < -0.39 is 11.6 Å². The highest BCUT2D eigenvalue weighted by molar-refractivity contribution is 5.92. The van der Waals surface area contributed by atoms with Gasteiger partial charge in [-0.1, -0.05) is 0 Å². The molecule has 2 amide bonds. The molecule has 4 rings (SSSR count). The van der Waals surface area contributed by atoms with Crippen molar-refractivity contribution in [3.63, 3.8) is 0 Å². The molecule has 3 N–H and O–H groups in total. The van der Waals surface area contributed by atoms with Crippen molar-refractivity contribution in [1.82, 2.24) is 19.9 Å². The van der Waals surface area contributed by atoms with Crippen LogP contribution in [0.1, 0.15) is 18.2 Å². The van der Waals surface area contributed by atoms with Gasteiger partial charge in [0, 0.05) is 43.0 Å². The van der Waals surface area contributed by atoms with Crippen LogP contribution in [0.2, 0.25) is 0 Å². The molecule has 3 aromatic rings. The Bertz CT molecular complexity index is 1050. The molecular formula is C20H18F2N6O. The third kappa shape index (κ3) is 3.98. The predicted octanol–water partition coefficient (Wildman–Crippen LogP) is 3.42. The van der Waals surface area contributed by atoms with Crippen molar-refractivity contribution < 1.29 is 13.6 Å². The number of hydrogen-bond donors (Lipinski definition) is 2. The maximum atomic E-state index is 14.1. The molecule has 1 fully saturated rings. The average molecular weight is 396 g/mol. The Morgan fingerprint density at radius 1 is 1.17 bits per heavy atom. The number of carbonyl (C=O) groups excluding carboxylic acids is 1. The lowest BCUT2D eigenvalue weighted by Crippen LogP contribution is -2.33. The van der Waals surface area contributed by atoms with Crippen LogP contribution in [0.3, 0.4) is 0 Å². The summed E-state index contributed by atoms with van der Waals surface area (Å²) in [4.78, 5) is 27.0. The molecule has 1 aliphatic heterocycles. The van der Waals surface area contributed by atoms with Crippen LogP contribution in [0.15, 0.2) is 48.8 Å². The third-order valence-corrected chi connectivity index (χ3v) is 4.79. The highest BCUT2D eigenvalue weighted by atomic mass is 19.1. The number of nitrogens with two attached hydrogens (primary N) is 1. The second-order valence-electron chi connectivity index (χ2n) is 6.73. The number of carbonyl (C=O) groups is 1. The predicted molar refractivity (Wildman–Crippen MR) is 104 cm³/mol. The first-order valence-electron chi connectivity index (χ1n) is 9.06. The molecule has 1 atom stereocenters. The molecule has 0 spiro atoms. The average Bonchev–Trinajstić information content (AvgIpc) is 3.21. The summed E-state index contributed by atoms with van der Waals surface area (Å²) in [6.07, 6.45) is 4.10. The van der Waals surface area contributed by atoms with Gasteiger partial charge in [-0.3, -0.25) is 5.32 Å². The number of rotatable bonds is 3. The molecule has 29 heavy (non-hydrogen) atoms. The van der Waals surface area contributed by atoms with Gasteiger partial charge in [-0.2, -0.15) is 0 Å². The van der Waals surface area contributed by atoms with E-state index in [1.165, 1.54) is 18.2 Å². The van der Waals surface area contributed by atoms with Gasteiger partial charge in [-0.15, -0.1) is 0 Å². The Hall–Kier alpha value is -3.62. The van der Waals surface area contributed by atoms with E-state index in [0.29, 0.717) is 18.9 Å². The van der Waals surface area contributed by atoms with Crippen LogP contribution in [-0.4, -0.2) is 39.0 Å². The fraction of sp³-hybridized carbons (Fsp3) is 0.200. The number of amides is 2. The molecule has 1 saturated heterocycles. The van der Waals surface area contributed by atoms with E-state index in [-0.39, 0.29) is 34.7 Å². The second-order valence-corrected chi connectivity index (χ2v) is 6.73. The second kappa shape index (κ2) is 7.78. The monoisotopic (exact) mass is 396 g/mol. The van der Waals surface area contributed by atoms with E-state index in [0.717, 1.165) is 18.6 Å². The number of hydrogen-bond acceptors (Lipinski definition) is 5. The third-order valence-electron chi connectivity index (χ3n) is 4.79. The van der Waals surface area contributed by atoms with Crippen molar-refractivity contribution in [2.75, 3.05) is 24.1 Å². The fourth-order valence-corrected chi connectivity index (χ4v) is 3.27. The van der Waals surface area contributed by atoms with Crippen LogP contribution >= 0.6 is 0 Å². The SMILES string of the molecule is Nc1ccc(-c2ccc(F)cc2F)nc1NC(=O)N1CC[C@@H](c2ncccn2)C1. The van der Waals surface area contributed by atoms with Gasteiger partial charge in [0.05, 0.1) is 11.4 Å². The standard InChI is InChI=1S/C20H18F2N6O/c21-13-2-3-14(15(22)10-13)17-5-4-16(23)19(26-17)27-20(29)28-9-6-12(11-28)18-24-7-1-8-25-18/h1-5,7-8,10,12H,6,9,11,23H2,(H,26,27,29)/t12-/m1/s1. The number of urea groups is 1. The number of aromatic nitrogens is 3. The summed E-state index contributed by atoms with van der Waals surface area (Å²) in [5.41, 5.74) is 6.52. The van der Waals surface area contributed by atoms with E-state index in [1.54, 1.807) is 23.4 Å². The van der Waals surface area contributed by atoms with Crippen LogP contribution in [0.4, 0.5) is 25.1 Å². The van der Waals surface area contributed by atoms with Gasteiger partial charge in [-0.25, -0.2) is 28.5 Å². The number of nitrogen functional groups attached to an aromatic ring is 1. The lowest BCUT2D eigenvalue weighted by atomic mass is 10.1. The fourth-order valence-electron chi connectivity index (χ4n) is 3.27. The van der Waals surface area contributed by atoms with Crippen molar-refractivity contribution in [1.29, 1.82) is 0 Å². The summed E-state index contributed by atoms with van der Waals surface area (Å²) in [7, 11) is 0. The topological polar surface area (TPSA) is 97.0 Å². The first-order chi connectivity index (χ1) is 14.0. The highest BCUT2D eigenvalue weighted by Gasteiger charge is 2.29. The molecular weight excluding hydrogens is 378 g/mol. The molecule has 7 nitrogen and oxygen atoms in total. The van der Waals surface area contributed by atoms with Crippen LogP contribution in [-0.2, 0) is 0 Å². The van der Waals surface area contributed by atoms with Crippen LogP contribution in [0.5, 0.6) is 0 Å². The van der Waals surface area contributed by atoms with Crippen molar-refractivity contribution in [2.24, 2.45) is 0 Å². The number of nitrogens with zero attached hydrogens (tertiary/aromatic N) is 4. The Balaban J connectivity index is 1.50. The molecule has 0 bridgehead atoms. The number of likely N-dealkylation sites (tertiary alicyclic amines) is 1. The van der Waals surface area contributed by atoms with Gasteiger partial charge in [0.2, 0.25) is 0 Å². The number of nitrogens with one attached hydrogen (secondary N) is 1. The minimum Gasteiger partial charge on any atom is -0.396 e. The summed E-state index contributed by atoms with van der Waals surface area (Å²) < 4.78 is 27.2. The van der Waals surface area contributed by atoms with E-state index >= 15 is 0 Å². The summed E-state index contributed by atoms with van der Waals surface area (Å²) in [5.74, 6) is -0.539. The van der Waals surface area contributed by atoms with Crippen molar-refractivity contribution >= 4 is 17.5 Å². The molecule has 0 aliphatic carbocycles. The lowest BCUT2D eigenvalue weighted by molar-refractivity contribution is 0.222. The van der Waals surface area contributed by atoms with E-state index in [4.69, 9.17) is 5.73 Å². The zero-order valence-corrected chi connectivity index (χ0v) is 15.3. The smallest absolute Gasteiger partial charge is 0.323 e. The van der Waals surface area contributed by atoms with E-state index in [2.05, 4.69) is 20.3 Å². The van der Waals surface area contributed by atoms with Crippen LogP contribution in [0, 0.1) is 11.6 Å². The normalized spacial score (nSPS) is 16.1. The van der Waals surface area contributed by atoms with Crippen LogP contribution in [0.25, 0.3) is 11.3 Å². The van der Waals surface area contributed by atoms with Gasteiger partial charge < -0.3 is 10.6 Å². The molecule has 0 unspecified atom stereocenters. The summed E-state index contributed by atoms with van der Waals surface area (Å²) in [6, 6.07) is 7.63. The lowest BCUT2D eigenvalue weighted by Gasteiger charge is -2.18. The van der Waals surface area contributed by atoms with Gasteiger partial charge in [0.15, 0.2) is 5.82 Å². The molecule has 0 radical (unpaired) electrons. The zero-order chi connectivity index (χ0) is 20.4. The Morgan fingerprint density at radius 3 is 2.72 bits per heavy atom. The first kappa shape index (κ1) is 18.7. The minimum absolute atomic E-state index is 0.0619. The zero-order valence-electron chi connectivity index (χ0n) is 15.3. The Labute approximate surface area is 165 Å². The molecule has 1 aliphatic rings. The van der Waals surface area contributed by atoms with E-state index in [1.807, 2.05) is 0 Å². The number of halogens is 2.